The predicted molar refractivity (Wildman–Crippen MR) is 197 cm³/mol. The smallest absolute Gasteiger partial charge is 0.275 e. The number of nitrogens with zero attached hydrogens (tertiary/aromatic N) is 6. The lowest BCUT2D eigenvalue weighted by Crippen LogP contribution is -2.61. The number of hydrogen-bond acceptors (Lipinski definition) is 9. The Hall–Kier alpha value is -4.66. The molecule has 2 amide bonds. The van der Waals surface area contributed by atoms with Gasteiger partial charge in [-0.25, -0.2) is 13.2 Å². The third kappa shape index (κ3) is 7.19. The van der Waals surface area contributed by atoms with E-state index in [0.717, 1.165) is 16.5 Å². The maximum Gasteiger partial charge on any atom is 0.275 e. The van der Waals surface area contributed by atoms with Gasteiger partial charge in [0.1, 0.15) is 17.6 Å². The first-order valence-electron chi connectivity index (χ1n) is 17.6. The SMILES string of the molecule is COc1cc(-c2cn(C)c(=O)c3cnccc23)cc(Cl)c1CN1CCC(N2CCN(c3ccc(N(C)C4CCC(=O)NC4=O)cc3F)CC2)C(F)(F)C1. The second kappa shape index (κ2) is 14.6. The molecule has 3 aliphatic rings. The minimum absolute atomic E-state index is 0.171. The van der Waals surface area contributed by atoms with Gasteiger partial charge in [-0.15, -0.1) is 0 Å². The maximum absolute atomic E-state index is 15.9. The van der Waals surface area contributed by atoms with Crippen LogP contribution in [0.15, 0.2) is 59.8 Å². The molecule has 280 valence electrons. The number of fused-ring (bicyclic) bond motifs is 1. The van der Waals surface area contributed by atoms with E-state index in [4.69, 9.17) is 16.3 Å². The lowest BCUT2D eigenvalue weighted by atomic mass is 9.96. The Morgan fingerprint density at radius 1 is 1.04 bits per heavy atom. The van der Waals surface area contributed by atoms with Crippen LogP contribution >= 0.6 is 11.6 Å². The van der Waals surface area contributed by atoms with Crippen molar-refractivity contribution in [2.75, 3.05) is 63.2 Å². The fourth-order valence-electron chi connectivity index (χ4n) is 7.93. The number of carbonyl (C=O) groups is 2. The molecule has 5 heterocycles. The molecule has 3 fully saturated rings. The lowest BCUT2D eigenvalue weighted by Gasteiger charge is -2.46. The molecule has 4 aromatic rings. The quantitative estimate of drug-likeness (QED) is 0.258. The van der Waals surface area contributed by atoms with Crippen molar-refractivity contribution in [1.82, 2.24) is 24.7 Å². The predicted octanol–water partition coefficient (Wildman–Crippen LogP) is 4.67. The molecular formula is C38H41ClF3N7O4. The molecule has 2 aromatic heterocycles. The zero-order chi connectivity index (χ0) is 37.6. The number of aryl methyl sites for hydroxylation is 1. The number of pyridine rings is 2. The van der Waals surface area contributed by atoms with Crippen LogP contribution in [0.1, 0.15) is 24.8 Å². The van der Waals surface area contributed by atoms with E-state index in [1.54, 1.807) is 60.6 Å². The largest absolute Gasteiger partial charge is 0.496 e. The van der Waals surface area contributed by atoms with Crippen LogP contribution in [0.2, 0.25) is 5.02 Å². The summed E-state index contributed by atoms with van der Waals surface area (Å²) >= 11 is 6.83. The monoisotopic (exact) mass is 751 g/mol. The summed E-state index contributed by atoms with van der Waals surface area (Å²) in [6.45, 7) is 1.63. The average molecular weight is 752 g/mol. The molecule has 53 heavy (non-hydrogen) atoms. The highest BCUT2D eigenvalue weighted by Crippen LogP contribution is 2.39. The number of carbonyl (C=O) groups excluding carboxylic acids is 2. The van der Waals surface area contributed by atoms with Gasteiger partial charge in [0.05, 0.1) is 30.8 Å². The van der Waals surface area contributed by atoms with E-state index in [0.29, 0.717) is 72.2 Å². The molecule has 2 aromatic carbocycles. The van der Waals surface area contributed by atoms with Crippen LogP contribution in [0.5, 0.6) is 5.75 Å². The lowest BCUT2D eigenvalue weighted by molar-refractivity contribution is -0.134. The van der Waals surface area contributed by atoms with Crippen molar-refractivity contribution >= 4 is 45.6 Å². The minimum Gasteiger partial charge on any atom is -0.496 e. The number of amides is 2. The van der Waals surface area contributed by atoms with Gasteiger partial charge in [-0.1, -0.05) is 11.6 Å². The molecular weight excluding hydrogens is 711 g/mol. The molecule has 3 saturated heterocycles. The second-order valence-corrected chi connectivity index (χ2v) is 14.4. The summed E-state index contributed by atoms with van der Waals surface area (Å²) in [5.74, 6) is -3.72. The Morgan fingerprint density at radius 3 is 2.51 bits per heavy atom. The highest BCUT2D eigenvalue weighted by Gasteiger charge is 2.48. The zero-order valence-electron chi connectivity index (χ0n) is 29.8. The van der Waals surface area contributed by atoms with E-state index < -0.39 is 36.3 Å². The molecule has 0 spiro atoms. The number of aromatic nitrogens is 2. The number of alkyl halides is 2. The van der Waals surface area contributed by atoms with Crippen molar-refractivity contribution in [1.29, 1.82) is 0 Å². The van der Waals surface area contributed by atoms with E-state index in [9.17, 15) is 14.4 Å². The molecule has 3 aliphatic heterocycles. The van der Waals surface area contributed by atoms with Crippen molar-refractivity contribution in [3.05, 3.63) is 81.7 Å². The topological polar surface area (TPSA) is 103 Å². The average Bonchev–Trinajstić information content (AvgIpc) is 3.13. The van der Waals surface area contributed by atoms with Gasteiger partial charge >= 0.3 is 0 Å². The zero-order valence-corrected chi connectivity index (χ0v) is 30.5. The Kier molecular flexibility index (Phi) is 10.1. The van der Waals surface area contributed by atoms with Crippen LogP contribution in [0.4, 0.5) is 24.5 Å². The van der Waals surface area contributed by atoms with Gasteiger partial charge in [0.25, 0.3) is 11.5 Å². The standard InChI is InChI=1S/C38H41ClF3N7O4/c1-45-20-27(25-8-10-43-19-26(25)37(45)52)23-16-29(39)28(33(17-23)53-3)21-47-11-9-34(38(41,42)22-47)49-14-12-48(13-15-49)31-5-4-24(18-30(31)40)46(2)32-6-7-35(50)44-36(32)51/h4-5,8,10,16-20,32,34H,6-7,9,11-15,21-22H2,1-3H3,(H,44,50,51). The van der Waals surface area contributed by atoms with Crippen molar-refractivity contribution in [3.8, 4) is 16.9 Å². The number of piperazine rings is 1. The fourth-order valence-corrected chi connectivity index (χ4v) is 8.20. The van der Waals surface area contributed by atoms with Gasteiger partial charge in [0.15, 0.2) is 0 Å². The maximum atomic E-state index is 15.9. The highest BCUT2D eigenvalue weighted by atomic mass is 35.5. The number of halogens is 4. The Labute approximate surface area is 309 Å². The molecule has 11 nitrogen and oxygen atoms in total. The molecule has 1 N–H and O–H groups in total. The van der Waals surface area contributed by atoms with E-state index in [-0.39, 0.29) is 30.9 Å². The Bertz CT molecular complexity index is 2120. The summed E-state index contributed by atoms with van der Waals surface area (Å²) < 4.78 is 54.4. The van der Waals surface area contributed by atoms with Crippen LogP contribution < -0.4 is 25.4 Å². The fraction of sp³-hybridized carbons (Fsp3) is 0.421. The van der Waals surface area contributed by atoms with Gasteiger partial charge in [0, 0.05) is 100 Å². The van der Waals surface area contributed by atoms with Crippen LogP contribution in [0.3, 0.4) is 0 Å². The summed E-state index contributed by atoms with van der Waals surface area (Å²) in [6, 6.07) is 8.59. The summed E-state index contributed by atoms with van der Waals surface area (Å²) in [4.78, 5) is 47.7. The number of likely N-dealkylation sites (tertiary alicyclic amines) is 1. The molecule has 0 radical (unpaired) electrons. The summed E-state index contributed by atoms with van der Waals surface area (Å²) in [6.07, 6.45) is 5.70. The van der Waals surface area contributed by atoms with Gasteiger partial charge < -0.3 is 19.1 Å². The number of rotatable bonds is 8. The van der Waals surface area contributed by atoms with Crippen LogP contribution in [-0.2, 0) is 23.2 Å². The minimum atomic E-state index is -3.00. The van der Waals surface area contributed by atoms with Crippen LogP contribution in [0, 0.1) is 5.82 Å². The van der Waals surface area contributed by atoms with Crippen molar-refractivity contribution in [2.24, 2.45) is 7.05 Å². The second-order valence-electron chi connectivity index (χ2n) is 14.0. The first-order valence-corrected chi connectivity index (χ1v) is 18.0. The molecule has 0 bridgehead atoms. The van der Waals surface area contributed by atoms with Gasteiger partial charge in [-0.05, 0) is 60.2 Å². The number of benzene rings is 2. The number of ether oxygens (including phenoxy) is 1. The first-order chi connectivity index (χ1) is 25.3. The normalized spacial score (nSPS) is 21.2. The van der Waals surface area contributed by atoms with E-state index >= 15 is 13.2 Å². The number of methoxy groups -OCH3 is 1. The molecule has 0 saturated carbocycles. The number of likely N-dealkylation sites (N-methyl/N-ethyl adjacent to an activating group) is 1. The van der Waals surface area contributed by atoms with E-state index in [2.05, 4.69) is 10.3 Å². The molecule has 15 heteroatoms. The number of piperidine rings is 2. The number of nitrogens with one attached hydrogen (secondary N) is 1. The van der Waals surface area contributed by atoms with Gasteiger partial charge in [0.2, 0.25) is 11.8 Å². The summed E-state index contributed by atoms with van der Waals surface area (Å²) in [7, 11) is 4.88. The Morgan fingerprint density at radius 2 is 1.81 bits per heavy atom. The highest BCUT2D eigenvalue weighted by molar-refractivity contribution is 6.32. The molecule has 7 rings (SSSR count). The van der Waals surface area contributed by atoms with Crippen molar-refractivity contribution in [3.63, 3.8) is 0 Å². The molecule has 2 atom stereocenters. The van der Waals surface area contributed by atoms with Gasteiger partial charge in [-0.3, -0.25) is 34.5 Å². The van der Waals surface area contributed by atoms with Crippen molar-refractivity contribution in [2.45, 2.75) is 43.8 Å². The van der Waals surface area contributed by atoms with Crippen LogP contribution in [-0.4, -0.2) is 103 Å². The van der Waals surface area contributed by atoms with E-state index in [1.807, 2.05) is 15.9 Å². The Balaban J connectivity index is 0.991. The first kappa shape index (κ1) is 36.7. The van der Waals surface area contributed by atoms with Gasteiger partial charge in [-0.2, -0.15) is 0 Å². The number of hydrogen-bond donors (Lipinski definition) is 1. The number of anilines is 2. The molecule has 0 aliphatic carbocycles. The summed E-state index contributed by atoms with van der Waals surface area (Å²) in [5.41, 5.74) is 2.81. The summed E-state index contributed by atoms with van der Waals surface area (Å²) in [5, 5.41) is 3.89. The van der Waals surface area contributed by atoms with Crippen LogP contribution in [0.25, 0.3) is 21.9 Å². The van der Waals surface area contributed by atoms with E-state index in [1.165, 1.54) is 23.9 Å². The third-order valence-electron chi connectivity index (χ3n) is 10.8. The molecule has 2 unspecified atom stereocenters. The third-order valence-corrected chi connectivity index (χ3v) is 11.1. The number of imide groups is 1. The van der Waals surface area contributed by atoms with Crippen molar-refractivity contribution < 1.29 is 27.5 Å².